The summed E-state index contributed by atoms with van der Waals surface area (Å²) in [7, 11) is -1.66. The number of hydrogen-bond acceptors (Lipinski definition) is 2. The highest BCUT2D eigenvalue weighted by atomic mass is 28.4. The van der Waals surface area contributed by atoms with E-state index in [1.165, 1.54) is 0 Å². The van der Waals surface area contributed by atoms with Crippen LogP contribution in [0.25, 0.3) is 0 Å². The minimum Gasteiger partial charge on any atom is -0.417 e. The Morgan fingerprint density at radius 1 is 1.18 bits per heavy atom. The Morgan fingerprint density at radius 2 is 1.65 bits per heavy atom. The summed E-state index contributed by atoms with van der Waals surface area (Å²) in [6, 6.07) is 0. The predicted octanol–water partition coefficient (Wildman–Crippen LogP) is 3.31. The van der Waals surface area contributed by atoms with Crippen LogP contribution in [0.15, 0.2) is 0 Å². The summed E-state index contributed by atoms with van der Waals surface area (Å²) in [5, 5.41) is 3.18. The van der Waals surface area contributed by atoms with Gasteiger partial charge in [0.05, 0.1) is 0 Å². The lowest BCUT2D eigenvalue weighted by Gasteiger charge is -2.37. The first-order chi connectivity index (χ1) is 7.37. The highest BCUT2D eigenvalue weighted by Gasteiger charge is 2.37. The number of carbonyl (C=O) groups is 1. The molecule has 0 saturated heterocycles. The molecular weight excluding hydrogens is 230 g/mol. The van der Waals surface area contributed by atoms with Gasteiger partial charge in [0.2, 0.25) is 5.91 Å². The van der Waals surface area contributed by atoms with E-state index in [4.69, 9.17) is 4.43 Å². The maximum absolute atomic E-state index is 11.0. The first kappa shape index (κ1) is 16.6. The van der Waals surface area contributed by atoms with Crippen LogP contribution in [0.1, 0.15) is 48.0 Å². The Morgan fingerprint density at radius 3 is 2.00 bits per heavy atom. The molecule has 1 amide bonds. The van der Waals surface area contributed by atoms with Crippen LogP contribution in [-0.2, 0) is 9.22 Å². The van der Waals surface area contributed by atoms with Crippen molar-refractivity contribution in [3.05, 3.63) is 0 Å². The molecule has 0 saturated carbocycles. The van der Waals surface area contributed by atoms with Gasteiger partial charge in [-0.25, -0.2) is 0 Å². The Hall–Kier alpha value is -0.353. The van der Waals surface area contributed by atoms with Gasteiger partial charge in [0.1, 0.15) is 0 Å². The molecule has 0 aliphatic heterocycles. The topological polar surface area (TPSA) is 38.3 Å². The highest BCUT2D eigenvalue weighted by molar-refractivity contribution is 6.74. The Labute approximate surface area is 107 Å². The maximum atomic E-state index is 11.0. The van der Waals surface area contributed by atoms with Crippen molar-refractivity contribution in [3.8, 4) is 0 Å². The largest absolute Gasteiger partial charge is 0.417 e. The second-order valence-electron chi connectivity index (χ2n) is 6.92. The van der Waals surface area contributed by atoms with Crippen molar-refractivity contribution in [3.63, 3.8) is 0 Å². The third-order valence-corrected chi connectivity index (χ3v) is 8.05. The van der Waals surface area contributed by atoms with Crippen LogP contribution in [-0.4, -0.2) is 26.4 Å². The van der Waals surface area contributed by atoms with E-state index in [2.05, 4.69) is 39.2 Å². The fraction of sp³-hybridized carbons (Fsp3) is 0.923. The van der Waals surface area contributed by atoms with E-state index in [1.54, 1.807) is 6.92 Å². The summed E-state index contributed by atoms with van der Waals surface area (Å²) in [6.07, 6.45) is 0.846. The average molecular weight is 259 g/mol. The summed E-state index contributed by atoms with van der Waals surface area (Å²) in [6.45, 7) is 17.5. The fourth-order valence-electron chi connectivity index (χ4n) is 1.32. The minimum absolute atomic E-state index is 0.0160. The molecule has 0 bridgehead atoms. The Balaban J connectivity index is 4.20. The van der Waals surface area contributed by atoms with E-state index < -0.39 is 8.32 Å². The monoisotopic (exact) mass is 259 g/mol. The second-order valence-corrected chi connectivity index (χ2v) is 11.7. The normalized spacial score (nSPS) is 13.6. The number of nitrogens with one attached hydrogen (secondary N) is 1. The van der Waals surface area contributed by atoms with Gasteiger partial charge in [0.15, 0.2) is 8.32 Å². The molecule has 0 atom stereocenters. The molecule has 0 aliphatic carbocycles. The zero-order chi connectivity index (χ0) is 13.9. The van der Waals surface area contributed by atoms with E-state index in [-0.39, 0.29) is 16.5 Å². The number of rotatable bonds is 5. The van der Waals surface area contributed by atoms with Gasteiger partial charge in [0.25, 0.3) is 0 Å². The lowest BCUT2D eigenvalue weighted by atomic mass is 10.0. The van der Waals surface area contributed by atoms with Crippen molar-refractivity contribution in [2.24, 2.45) is 0 Å². The van der Waals surface area contributed by atoms with Gasteiger partial charge in [-0.2, -0.15) is 0 Å². The highest BCUT2D eigenvalue weighted by Crippen LogP contribution is 2.36. The molecule has 0 rings (SSSR count). The third kappa shape index (κ3) is 6.22. The van der Waals surface area contributed by atoms with Gasteiger partial charge in [-0.15, -0.1) is 0 Å². The van der Waals surface area contributed by atoms with Crippen LogP contribution < -0.4 is 5.32 Å². The smallest absolute Gasteiger partial charge is 0.217 e. The van der Waals surface area contributed by atoms with Crippen molar-refractivity contribution >= 4 is 14.2 Å². The van der Waals surface area contributed by atoms with Gasteiger partial charge in [-0.3, -0.25) is 4.79 Å². The number of amides is 1. The van der Waals surface area contributed by atoms with Crippen LogP contribution in [0.2, 0.25) is 18.1 Å². The Kier molecular flexibility index (Phi) is 5.41. The predicted molar refractivity (Wildman–Crippen MR) is 75.7 cm³/mol. The minimum atomic E-state index is -1.66. The molecule has 102 valence electrons. The van der Waals surface area contributed by atoms with Crippen LogP contribution >= 0.6 is 0 Å². The molecule has 0 unspecified atom stereocenters. The van der Waals surface area contributed by atoms with E-state index >= 15 is 0 Å². The number of hydrogen-bond donors (Lipinski definition) is 1. The quantitative estimate of drug-likeness (QED) is 0.769. The summed E-state index contributed by atoms with van der Waals surface area (Å²) in [4.78, 5) is 11.0. The standard InChI is InChI=1S/C13H29NO2Si/c1-11(15)14-13(5,6)9-10-16-17(7,8)12(2,3)4/h9-10H2,1-8H3,(H,14,15). The number of carbonyl (C=O) groups excluding carboxylic acids is 1. The van der Waals surface area contributed by atoms with Crippen molar-refractivity contribution in [2.45, 2.75) is 71.6 Å². The molecule has 0 aromatic heterocycles. The fourth-order valence-corrected chi connectivity index (χ4v) is 2.36. The Bertz CT molecular complexity index is 267. The second kappa shape index (κ2) is 5.53. The lowest BCUT2D eigenvalue weighted by Crippen LogP contribution is -2.45. The SMILES string of the molecule is CC(=O)NC(C)(C)CCO[Si](C)(C)C(C)(C)C. The molecule has 0 fully saturated rings. The molecule has 0 aromatic carbocycles. The third-order valence-electron chi connectivity index (χ3n) is 3.51. The van der Waals surface area contributed by atoms with E-state index in [0.29, 0.717) is 6.61 Å². The van der Waals surface area contributed by atoms with Gasteiger partial charge < -0.3 is 9.74 Å². The molecule has 0 aromatic rings. The van der Waals surface area contributed by atoms with E-state index in [1.807, 2.05) is 13.8 Å². The molecule has 1 N–H and O–H groups in total. The summed E-state index contributed by atoms with van der Waals surface area (Å²) in [5.41, 5.74) is -0.186. The molecule has 0 radical (unpaired) electrons. The van der Waals surface area contributed by atoms with Gasteiger partial charge in [-0.1, -0.05) is 20.8 Å². The van der Waals surface area contributed by atoms with Crippen LogP contribution in [0.3, 0.4) is 0 Å². The van der Waals surface area contributed by atoms with E-state index in [9.17, 15) is 4.79 Å². The van der Waals surface area contributed by atoms with Crippen molar-refractivity contribution in [1.29, 1.82) is 0 Å². The van der Waals surface area contributed by atoms with Gasteiger partial charge in [0, 0.05) is 19.1 Å². The van der Waals surface area contributed by atoms with Gasteiger partial charge >= 0.3 is 0 Å². The van der Waals surface area contributed by atoms with Gasteiger partial charge in [-0.05, 0) is 38.4 Å². The van der Waals surface area contributed by atoms with Crippen LogP contribution in [0.5, 0.6) is 0 Å². The zero-order valence-electron chi connectivity index (χ0n) is 12.7. The lowest BCUT2D eigenvalue weighted by molar-refractivity contribution is -0.120. The molecule has 3 nitrogen and oxygen atoms in total. The first-order valence-electron chi connectivity index (χ1n) is 6.30. The molecule has 4 heteroatoms. The van der Waals surface area contributed by atoms with Crippen molar-refractivity contribution < 1.29 is 9.22 Å². The average Bonchev–Trinajstić information content (AvgIpc) is 1.97. The summed E-state index contributed by atoms with van der Waals surface area (Å²) < 4.78 is 6.10. The molecular formula is C13H29NO2Si. The zero-order valence-corrected chi connectivity index (χ0v) is 13.7. The molecule has 17 heavy (non-hydrogen) atoms. The molecule has 0 spiro atoms. The molecule has 0 aliphatic rings. The summed E-state index contributed by atoms with van der Waals surface area (Å²) >= 11 is 0. The van der Waals surface area contributed by atoms with E-state index in [0.717, 1.165) is 6.42 Å². The molecule has 0 heterocycles. The van der Waals surface area contributed by atoms with Crippen LogP contribution in [0, 0.1) is 0 Å². The van der Waals surface area contributed by atoms with Crippen LogP contribution in [0.4, 0.5) is 0 Å². The van der Waals surface area contributed by atoms with Crippen molar-refractivity contribution in [2.75, 3.05) is 6.61 Å². The first-order valence-corrected chi connectivity index (χ1v) is 9.21. The van der Waals surface area contributed by atoms with Crippen molar-refractivity contribution in [1.82, 2.24) is 5.32 Å². The summed E-state index contributed by atoms with van der Waals surface area (Å²) in [5.74, 6) is 0.0160. The maximum Gasteiger partial charge on any atom is 0.217 e.